The molecule has 2 aliphatic rings. The highest BCUT2D eigenvalue weighted by Gasteiger charge is 2.31. The summed E-state index contributed by atoms with van der Waals surface area (Å²) in [5.74, 6) is 0.446. The summed E-state index contributed by atoms with van der Waals surface area (Å²) >= 11 is 0. The molecule has 0 radical (unpaired) electrons. The zero-order valence-electron chi connectivity index (χ0n) is 12.0. The van der Waals surface area contributed by atoms with E-state index in [-0.39, 0.29) is 12.6 Å². The predicted octanol–water partition coefficient (Wildman–Crippen LogP) is 1.34. The first kappa shape index (κ1) is 14.8. The van der Waals surface area contributed by atoms with Crippen molar-refractivity contribution in [2.45, 2.75) is 36.6 Å². The lowest BCUT2D eigenvalue weighted by Gasteiger charge is -2.22. The molecule has 0 aromatic heterocycles. The fourth-order valence-electron chi connectivity index (χ4n) is 2.90. The molecule has 0 amide bonds. The Morgan fingerprint density at radius 1 is 1.24 bits per heavy atom. The minimum Gasteiger partial charge on any atom is -0.396 e. The van der Waals surface area contributed by atoms with Crippen LogP contribution in [0.4, 0.5) is 5.69 Å². The minimum absolute atomic E-state index is 0.115. The van der Waals surface area contributed by atoms with Gasteiger partial charge in [0.25, 0.3) is 0 Å². The van der Waals surface area contributed by atoms with Crippen molar-refractivity contribution in [3.63, 3.8) is 0 Å². The van der Waals surface area contributed by atoms with Crippen LogP contribution in [-0.4, -0.2) is 39.3 Å². The summed E-state index contributed by atoms with van der Waals surface area (Å²) in [6.45, 7) is 1.86. The third-order valence-corrected chi connectivity index (χ3v) is 5.79. The number of nitrogens with one attached hydrogen (secondary N) is 1. The Bertz CT molecular complexity index is 599. The number of rotatable bonds is 6. The Morgan fingerprint density at radius 2 is 2.00 bits per heavy atom. The number of benzene rings is 1. The highest BCUT2D eigenvalue weighted by molar-refractivity contribution is 7.89. The number of aliphatic hydroxyl groups excluding tert-OH is 1. The average Bonchev–Trinajstić information content (AvgIpc) is 3.14. The average molecular weight is 310 g/mol. The van der Waals surface area contributed by atoms with Gasteiger partial charge in [-0.25, -0.2) is 13.1 Å². The summed E-state index contributed by atoms with van der Waals surface area (Å²) in [5, 5.41) is 9.05. The van der Waals surface area contributed by atoms with Gasteiger partial charge in [-0.05, 0) is 43.7 Å². The van der Waals surface area contributed by atoms with Gasteiger partial charge in [-0.3, -0.25) is 0 Å². The molecule has 0 bridgehead atoms. The van der Waals surface area contributed by atoms with E-state index in [1.54, 1.807) is 12.1 Å². The fraction of sp³-hybridized carbons (Fsp3) is 0.600. The molecule has 1 atom stereocenters. The predicted molar refractivity (Wildman–Crippen MR) is 81.8 cm³/mol. The zero-order chi connectivity index (χ0) is 14.9. The van der Waals surface area contributed by atoms with Crippen LogP contribution in [0.5, 0.6) is 0 Å². The van der Waals surface area contributed by atoms with Crippen molar-refractivity contribution >= 4 is 15.7 Å². The lowest BCUT2D eigenvalue weighted by Crippen LogP contribution is -2.29. The molecule has 1 heterocycles. The Morgan fingerprint density at radius 3 is 2.71 bits per heavy atom. The lowest BCUT2D eigenvalue weighted by molar-refractivity contribution is 0.263. The van der Waals surface area contributed by atoms with E-state index in [0.717, 1.165) is 44.5 Å². The third kappa shape index (κ3) is 3.39. The molecule has 6 heteroatoms. The molecule has 1 aliphatic heterocycles. The Balaban J connectivity index is 1.83. The molecule has 116 valence electrons. The number of hydrogen-bond acceptors (Lipinski definition) is 4. The van der Waals surface area contributed by atoms with Crippen LogP contribution in [0.15, 0.2) is 29.2 Å². The number of para-hydroxylation sites is 1. The van der Waals surface area contributed by atoms with E-state index in [1.807, 2.05) is 12.1 Å². The second kappa shape index (κ2) is 5.94. The second-order valence-corrected chi connectivity index (χ2v) is 7.66. The van der Waals surface area contributed by atoms with Crippen LogP contribution >= 0.6 is 0 Å². The minimum atomic E-state index is -3.44. The number of aliphatic hydroxyl groups is 1. The summed E-state index contributed by atoms with van der Waals surface area (Å²) in [4.78, 5) is 2.50. The quantitative estimate of drug-likeness (QED) is 0.832. The molecule has 2 N–H and O–H groups in total. The molecule has 21 heavy (non-hydrogen) atoms. The maximum Gasteiger partial charge on any atom is 0.242 e. The van der Waals surface area contributed by atoms with Crippen LogP contribution in [0.25, 0.3) is 0 Å². The zero-order valence-corrected chi connectivity index (χ0v) is 12.8. The van der Waals surface area contributed by atoms with Gasteiger partial charge in [-0.2, -0.15) is 0 Å². The summed E-state index contributed by atoms with van der Waals surface area (Å²) in [6, 6.07) is 7.32. The number of hydrogen-bond donors (Lipinski definition) is 2. The summed E-state index contributed by atoms with van der Waals surface area (Å²) in [7, 11) is -3.44. The van der Waals surface area contributed by atoms with Crippen LogP contribution in [-0.2, 0) is 10.0 Å². The number of anilines is 1. The smallest absolute Gasteiger partial charge is 0.242 e. The van der Waals surface area contributed by atoms with Gasteiger partial charge in [0.05, 0.1) is 5.69 Å². The molecule has 1 aliphatic carbocycles. The van der Waals surface area contributed by atoms with E-state index < -0.39 is 10.0 Å². The lowest BCUT2D eigenvalue weighted by atomic mass is 10.1. The highest BCUT2D eigenvalue weighted by Crippen LogP contribution is 2.32. The van der Waals surface area contributed by atoms with Crippen molar-refractivity contribution in [3.05, 3.63) is 24.3 Å². The molecular formula is C15H22N2O3S. The monoisotopic (exact) mass is 310 g/mol. The molecule has 1 saturated heterocycles. The first-order valence-electron chi connectivity index (χ1n) is 7.57. The van der Waals surface area contributed by atoms with Gasteiger partial charge in [-0.15, -0.1) is 0 Å². The van der Waals surface area contributed by atoms with Crippen molar-refractivity contribution in [1.29, 1.82) is 0 Å². The normalized spacial score (nSPS) is 22.7. The van der Waals surface area contributed by atoms with Crippen molar-refractivity contribution in [1.82, 2.24) is 4.72 Å². The summed E-state index contributed by atoms with van der Waals surface area (Å²) < 4.78 is 27.7. The van der Waals surface area contributed by atoms with E-state index in [4.69, 9.17) is 5.11 Å². The van der Waals surface area contributed by atoms with E-state index in [1.165, 1.54) is 0 Å². The molecule has 2 fully saturated rings. The standard InChI is InChI=1S/C15H22N2O3S/c18-10-8-12-7-9-17(11-12)14-3-1-2-4-15(14)21(19,20)16-13-5-6-13/h1-4,12-13,16,18H,5-11H2. The maximum atomic E-state index is 12.5. The van der Waals surface area contributed by atoms with Crippen molar-refractivity contribution in [2.75, 3.05) is 24.6 Å². The molecule has 1 saturated carbocycles. The van der Waals surface area contributed by atoms with Gasteiger partial charge in [0, 0.05) is 25.7 Å². The molecule has 1 aromatic rings. The molecule has 1 unspecified atom stereocenters. The SMILES string of the molecule is O=S(=O)(NC1CC1)c1ccccc1N1CCC(CCO)C1. The van der Waals surface area contributed by atoms with Gasteiger partial charge in [0.2, 0.25) is 10.0 Å². The van der Waals surface area contributed by atoms with Gasteiger partial charge in [-0.1, -0.05) is 12.1 Å². The second-order valence-electron chi connectivity index (χ2n) is 5.98. The molecule has 1 aromatic carbocycles. The molecule has 3 rings (SSSR count). The van der Waals surface area contributed by atoms with E-state index in [0.29, 0.717) is 10.8 Å². The van der Waals surface area contributed by atoms with Gasteiger partial charge >= 0.3 is 0 Å². The van der Waals surface area contributed by atoms with Gasteiger partial charge in [0.1, 0.15) is 4.90 Å². The maximum absolute atomic E-state index is 12.5. The van der Waals surface area contributed by atoms with Gasteiger partial charge in [0.15, 0.2) is 0 Å². The largest absolute Gasteiger partial charge is 0.396 e. The van der Waals surface area contributed by atoms with Crippen LogP contribution in [0.1, 0.15) is 25.7 Å². The first-order valence-corrected chi connectivity index (χ1v) is 9.05. The van der Waals surface area contributed by atoms with Crippen molar-refractivity contribution in [2.24, 2.45) is 5.92 Å². The first-order chi connectivity index (χ1) is 10.1. The van der Waals surface area contributed by atoms with Crippen LogP contribution in [0.2, 0.25) is 0 Å². The third-order valence-electron chi connectivity index (χ3n) is 4.22. The van der Waals surface area contributed by atoms with Crippen LogP contribution < -0.4 is 9.62 Å². The summed E-state index contributed by atoms with van der Waals surface area (Å²) in [6.07, 6.45) is 3.66. The molecular weight excluding hydrogens is 288 g/mol. The van der Waals surface area contributed by atoms with E-state index in [9.17, 15) is 8.42 Å². The summed E-state index contributed by atoms with van der Waals surface area (Å²) in [5.41, 5.74) is 0.783. The van der Waals surface area contributed by atoms with E-state index >= 15 is 0 Å². The molecule has 5 nitrogen and oxygen atoms in total. The number of nitrogens with zero attached hydrogens (tertiary/aromatic N) is 1. The van der Waals surface area contributed by atoms with Gasteiger partial charge < -0.3 is 10.0 Å². The number of sulfonamides is 1. The van der Waals surface area contributed by atoms with Crippen LogP contribution in [0.3, 0.4) is 0 Å². The molecule has 0 spiro atoms. The van der Waals surface area contributed by atoms with Crippen molar-refractivity contribution < 1.29 is 13.5 Å². The Kier molecular flexibility index (Phi) is 4.19. The van der Waals surface area contributed by atoms with Crippen molar-refractivity contribution in [3.8, 4) is 0 Å². The fourth-order valence-corrected chi connectivity index (χ4v) is 4.43. The Hall–Kier alpha value is -1.11. The highest BCUT2D eigenvalue weighted by atomic mass is 32.2. The van der Waals surface area contributed by atoms with Crippen LogP contribution in [0, 0.1) is 5.92 Å². The Labute approximate surface area is 126 Å². The van der Waals surface area contributed by atoms with E-state index in [2.05, 4.69) is 9.62 Å². The topological polar surface area (TPSA) is 69.6 Å².